The van der Waals surface area contributed by atoms with Gasteiger partial charge in [-0.05, 0) is 50.3 Å². The Labute approximate surface area is 143 Å². The predicted octanol–water partition coefficient (Wildman–Crippen LogP) is 3.22. The first-order chi connectivity index (χ1) is 11.3. The van der Waals surface area contributed by atoms with Crippen LogP contribution in [0.1, 0.15) is 54.3 Å². The zero-order valence-electron chi connectivity index (χ0n) is 14.2. The molecule has 6 nitrogen and oxygen atoms in total. The van der Waals surface area contributed by atoms with Crippen molar-refractivity contribution in [1.82, 2.24) is 4.98 Å². The lowest BCUT2D eigenvalue weighted by Gasteiger charge is -2.12. The van der Waals surface area contributed by atoms with Gasteiger partial charge in [-0.15, -0.1) is 11.3 Å². The minimum absolute atomic E-state index is 0.246. The summed E-state index contributed by atoms with van der Waals surface area (Å²) < 4.78 is 9.99. The number of carbonyl (C=O) groups excluding carboxylic acids is 3. The molecule has 1 unspecified atom stereocenters. The summed E-state index contributed by atoms with van der Waals surface area (Å²) in [6.07, 6.45) is -0.971. The summed E-state index contributed by atoms with van der Waals surface area (Å²) in [5.74, 6) is -1.44. The molecular formula is C17H19NO5S. The van der Waals surface area contributed by atoms with Crippen LogP contribution in [0.3, 0.4) is 0 Å². The number of aromatic amines is 1. The maximum Gasteiger partial charge on any atom is 0.349 e. The van der Waals surface area contributed by atoms with Gasteiger partial charge in [-0.3, -0.25) is 4.79 Å². The monoisotopic (exact) mass is 349 g/mol. The topological polar surface area (TPSA) is 85.5 Å². The number of hydrogen-bond acceptors (Lipinski definition) is 6. The minimum Gasteiger partial charge on any atom is -0.465 e. The number of H-pyrrole nitrogens is 1. The maximum absolute atomic E-state index is 12.6. The molecular weight excluding hydrogens is 330 g/mol. The maximum atomic E-state index is 12.6. The van der Waals surface area contributed by atoms with Gasteiger partial charge in [0.25, 0.3) is 0 Å². The van der Waals surface area contributed by atoms with E-state index in [1.807, 2.05) is 6.07 Å². The molecule has 0 spiro atoms. The third-order valence-electron chi connectivity index (χ3n) is 3.77. The second-order valence-electron chi connectivity index (χ2n) is 5.46. The van der Waals surface area contributed by atoms with Crippen LogP contribution in [0.15, 0.2) is 11.4 Å². The van der Waals surface area contributed by atoms with Gasteiger partial charge in [0.1, 0.15) is 4.88 Å². The van der Waals surface area contributed by atoms with Crippen LogP contribution in [0.25, 0.3) is 0 Å². The lowest BCUT2D eigenvalue weighted by atomic mass is 10.1. The van der Waals surface area contributed by atoms with Gasteiger partial charge >= 0.3 is 11.9 Å². The quantitative estimate of drug-likeness (QED) is 0.662. The number of rotatable bonds is 5. The molecule has 1 N–H and O–H groups in total. The Morgan fingerprint density at radius 3 is 2.38 bits per heavy atom. The van der Waals surface area contributed by atoms with Gasteiger partial charge in [0.15, 0.2) is 6.10 Å². The Bertz CT molecular complexity index is 802. The molecule has 7 heteroatoms. The fraction of sp³-hybridized carbons (Fsp3) is 0.353. The summed E-state index contributed by atoms with van der Waals surface area (Å²) in [6.45, 7) is 6.65. The van der Waals surface area contributed by atoms with Crippen LogP contribution in [-0.4, -0.2) is 35.9 Å². The van der Waals surface area contributed by atoms with Crippen molar-refractivity contribution in [3.05, 3.63) is 44.4 Å². The number of ketones is 1. The number of hydrogen-bond donors (Lipinski definition) is 1. The van der Waals surface area contributed by atoms with E-state index in [0.29, 0.717) is 21.7 Å². The van der Waals surface area contributed by atoms with Gasteiger partial charge in [0, 0.05) is 5.69 Å². The molecule has 24 heavy (non-hydrogen) atoms. The van der Waals surface area contributed by atoms with E-state index in [-0.39, 0.29) is 5.69 Å². The molecule has 2 aromatic rings. The van der Waals surface area contributed by atoms with E-state index in [1.54, 1.807) is 26.2 Å². The van der Waals surface area contributed by atoms with Crippen LogP contribution in [0.2, 0.25) is 0 Å². The predicted molar refractivity (Wildman–Crippen MR) is 89.9 cm³/mol. The lowest BCUT2D eigenvalue weighted by molar-refractivity contribution is 0.0321. The number of thiophene rings is 1. The smallest absolute Gasteiger partial charge is 0.349 e. The Kier molecular flexibility index (Phi) is 5.23. The van der Waals surface area contributed by atoms with Crippen LogP contribution in [0.4, 0.5) is 0 Å². The molecule has 0 aliphatic carbocycles. The average Bonchev–Trinajstić information content (AvgIpc) is 3.09. The van der Waals surface area contributed by atoms with Crippen LogP contribution in [-0.2, 0) is 9.47 Å². The molecule has 0 aliphatic heterocycles. The van der Waals surface area contributed by atoms with Crippen LogP contribution in [0, 0.1) is 20.8 Å². The molecule has 128 valence electrons. The van der Waals surface area contributed by atoms with Crippen LogP contribution < -0.4 is 0 Å². The van der Waals surface area contributed by atoms with Gasteiger partial charge in [-0.1, -0.05) is 0 Å². The van der Waals surface area contributed by atoms with Gasteiger partial charge in [0.2, 0.25) is 5.78 Å². The summed E-state index contributed by atoms with van der Waals surface area (Å²) in [5.41, 5.74) is 2.41. The highest BCUT2D eigenvalue weighted by atomic mass is 32.1. The third kappa shape index (κ3) is 3.26. The molecule has 1 atom stereocenters. The number of ether oxygens (including phenoxy) is 2. The van der Waals surface area contributed by atoms with Crippen LogP contribution in [0.5, 0.6) is 0 Å². The molecule has 2 rings (SSSR count). The standard InChI is InChI=1S/C17H19NO5S/c1-8-6-7-24-15(8)17(21)23-11(4)14(19)13-9(2)12(10(3)18-13)16(20)22-5/h6-7,11,18H,1-5H3. The SMILES string of the molecule is COC(=O)c1c(C)[nH]c(C(=O)C(C)OC(=O)c2sccc2C)c1C. The number of carbonyl (C=O) groups is 3. The molecule has 2 heterocycles. The molecule has 0 aliphatic rings. The van der Waals surface area contributed by atoms with Gasteiger partial charge in [-0.2, -0.15) is 0 Å². The average molecular weight is 349 g/mol. The van der Waals surface area contributed by atoms with E-state index >= 15 is 0 Å². The second kappa shape index (κ2) is 7.00. The number of nitrogens with one attached hydrogen (secondary N) is 1. The third-order valence-corrected chi connectivity index (χ3v) is 4.77. The van der Waals surface area contributed by atoms with E-state index in [9.17, 15) is 14.4 Å². The van der Waals surface area contributed by atoms with Crippen molar-refractivity contribution in [1.29, 1.82) is 0 Å². The lowest BCUT2D eigenvalue weighted by Crippen LogP contribution is -2.25. The molecule has 0 aromatic carbocycles. The molecule has 0 amide bonds. The van der Waals surface area contributed by atoms with E-state index in [0.717, 1.165) is 5.56 Å². The van der Waals surface area contributed by atoms with Crippen molar-refractivity contribution in [2.75, 3.05) is 7.11 Å². The fourth-order valence-corrected chi connectivity index (χ4v) is 3.26. The van der Waals surface area contributed by atoms with Crippen molar-refractivity contribution in [3.63, 3.8) is 0 Å². The highest BCUT2D eigenvalue weighted by Crippen LogP contribution is 2.22. The summed E-state index contributed by atoms with van der Waals surface area (Å²) >= 11 is 1.27. The first kappa shape index (κ1) is 17.9. The fourth-order valence-electron chi connectivity index (χ4n) is 2.46. The van der Waals surface area contributed by atoms with E-state index in [2.05, 4.69) is 4.98 Å². The van der Waals surface area contributed by atoms with Crippen molar-refractivity contribution in [2.45, 2.75) is 33.8 Å². The number of aryl methyl sites for hydroxylation is 2. The zero-order chi connectivity index (χ0) is 18.0. The van der Waals surface area contributed by atoms with Crippen molar-refractivity contribution in [3.8, 4) is 0 Å². The zero-order valence-corrected chi connectivity index (χ0v) is 15.0. The highest BCUT2D eigenvalue weighted by Gasteiger charge is 2.28. The van der Waals surface area contributed by atoms with Crippen LogP contribution >= 0.6 is 11.3 Å². The minimum atomic E-state index is -0.971. The molecule has 0 bridgehead atoms. The Morgan fingerprint density at radius 2 is 1.83 bits per heavy atom. The van der Waals surface area contributed by atoms with Crippen molar-refractivity contribution in [2.24, 2.45) is 0 Å². The molecule has 0 fully saturated rings. The number of esters is 2. The van der Waals surface area contributed by atoms with E-state index in [4.69, 9.17) is 9.47 Å². The first-order valence-corrected chi connectivity index (χ1v) is 8.22. The summed E-state index contributed by atoms with van der Waals surface area (Å²) in [5, 5.41) is 1.79. The summed E-state index contributed by atoms with van der Waals surface area (Å²) in [7, 11) is 1.28. The Balaban J connectivity index is 2.21. The first-order valence-electron chi connectivity index (χ1n) is 7.34. The number of methoxy groups -OCH3 is 1. The number of Topliss-reactive ketones (excluding diaryl/α,β-unsaturated/α-hetero) is 1. The highest BCUT2D eigenvalue weighted by molar-refractivity contribution is 7.12. The van der Waals surface area contributed by atoms with Gasteiger partial charge < -0.3 is 14.5 Å². The van der Waals surface area contributed by atoms with Gasteiger partial charge in [0.05, 0.1) is 18.4 Å². The molecule has 0 saturated carbocycles. The van der Waals surface area contributed by atoms with E-state index < -0.39 is 23.8 Å². The van der Waals surface area contributed by atoms with Crippen molar-refractivity contribution >= 4 is 29.1 Å². The normalized spacial score (nSPS) is 11.9. The van der Waals surface area contributed by atoms with Crippen molar-refractivity contribution < 1.29 is 23.9 Å². The molecule has 2 aromatic heterocycles. The molecule has 0 radical (unpaired) electrons. The second-order valence-corrected chi connectivity index (χ2v) is 6.38. The largest absolute Gasteiger partial charge is 0.465 e. The Morgan fingerprint density at radius 1 is 1.17 bits per heavy atom. The van der Waals surface area contributed by atoms with Gasteiger partial charge in [-0.25, -0.2) is 9.59 Å². The molecule has 0 saturated heterocycles. The Hall–Kier alpha value is -2.41. The summed E-state index contributed by atoms with van der Waals surface area (Å²) in [6, 6.07) is 1.81. The number of aromatic nitrogens is 1. The van der Waals surface area contributed by atoms with E-state index in [1.165, 1.54) is 25.4 Å². The summed E-state index contributed by atoms with van der Waals surface area (Å²) in [4.78, 5) is 39.9.